The van der Waals surface area contributed by atoms with Gasteiger partial charge in [0, 0.05) is 55.1 Å². The van der Waals surface area contributed by atoms with Gasteiger partial charge < -0.3 is 33.3 Å². The molecule has 4 aromatic carbocycles. The van der Waals surface area contributed by atoms with Gasteiger partial charge in [0.2, 0.25) is 5.91 Å². The molecule has 1 aliphatic heterocycles. The van der Waals surface area contributed by atoms with E-state index in [0.717, 1.165) is 33.2 Å². The summed E-state index contributed by atoms with van der Waals surface area (Å²) in [4.78, 5) is 37.7. The van der Waals surface area contributed by atoms with Gasteiger partial charge in [0.25, 0.3) is 0 Å². The highest BCUT2D eigenvalue weighted by Gasteiger charge is 2.41. The number of methoxy groups -OCH3 is 2. The SMILES string of the molecule is COc1ccccc1COCCCOc1ccc(C2C(COC(=O)CCCCON(O)O)CN(C(=O)CCCCON(O)O)CC2OCc2cc(OC)c3ccccc3c2)cc1. The zero-order valence-corrected chi connectivity index (χ0v) is 35.3. The average molecular weight is 866 g/mol. The van der Waals surface area contributed by atoms with E-state index >= 15 is 0 Å². The summed E-state index contributed by atoms with van der Waals surface area (Å²) >= 11 is 0. The van der Waals surface area contributed by atoms with Gasteiger partial charge in [-0.25, -0.2) is 0 Å². The number of likely N-dealkylation sites (tertiary alicyclic amines) is 1. The van der Waals surface area contributed by atoms with E-state index in [-0.39, 0.29) is 74.3 Å². The molecule has 17 heteroatoms. The van der Waals surface area contributed by atoms with Crippen LogP contribution in [0.2, 0.25) is 0 Å². The maximum atomic E-state index is 13.7. The molecule has 3 unspecified atom stereocenters. The lowest BCUT2D eigenvalue weighted by atomic mass is 9.78. The number of hydrogen-bond acceptors (Lipinski definition) is 16. The number of esters is 1. The molecule has 0 saturated carbocycles. The summed E-state index contributed by atoms with van der Waals surface area (Å²) in [5.41, 5.74) is 2.79. The van der Waals surface area contributed by atoms with Gasteiger partial charge in [-0.05, 0) is 72.5 Å². The number of benzene rings is 4. The van der Waals surface area contributed by atoms with Crippen molar-refractivity contribution in [3.63, 3.8) is 0 Å². The molecule has 5 rings (SSSR count). The van der Waals surface area contributed by atoms with Crippen LogP contribution in [-0.4, -0.2) is 115 Å². The number of hydrogen-bond donors (Lipinski definition) is 4. The van der Waals surface area contributed by atoms with Gasteiger partial charge in [0.05, 0.1) is 77.4 Å². The summed E-state index contributed by atoms with van der Waals surface area (Å²) in [5.74, 6) is 0.964. The van der Waals surface area contributed by atoms with Crippen molar-refractivity contribution < 1.29 is 68.5 Å². The maximum Gasteiger partial charge on any atom is 0.305 e. The molecule has 338 valence electrons. The molecule has 0 bridgehead atoms. The second-order valence-corrected chi connectivity index (χ2v) is 14.9. The minimum Gasteiger partial charge on any atom is -0.496 e. The van der Waals surface area contributed by atoms with Crippen LogP contribution in [0.3, 0.4) is 0 Å². The Morgan fingerprint density at radius 1 is 0.710 bits per heavy atom. The van der Waals surface area contributed by atoms with Crippen LogP contribution < -0.4 is 14.2 Å². The normalized spacial score (nSPS) is 16.5. The largest absolute Gasteiger partial charge is 0.496 e. The van der Waals surface area contributed by atoms with Crippen molar-refractivity contribution in [1.29, 1.82) is 0 Å². The van der Waals surface area contributed by atoms with Gasteiger partial charge >= 0.3 is 5.97 Å². The number of carbonyl (C=O) groups is 2. The van der Waals surface area contributed by atoms with Gasteiger partial charge in [-0.15, -0.1) is 0 Å². The standard InChI is InChI=1S/C45H59N3O14/c1-55-40-15-6-4-13-36(40)31-57-22-11-23-58-38-20-18-34(19-21-38)45-37(32-60-44(50)17-8-10-25-62-48(53)54)28-46(43(49)16-7-9-24-61-47(51)52)29-42(45)59-30-33-26-35-12-3-5-14-39(35)41(27-33)56-2/h3-6,12-15,18-21,26-27,37,42,45,51-54H,7-11,16-17,22-25,28-32H2,1-2H3. The average Bonchev–Trinajstić information content (AvgIpc) is 3.28. The number of ether oxygens (including phenoxy) is 6. The molecule has 1 saturated heterocycles. The van der Waals surface area contributed by atoms with E-state index in [1.165, 1.54) is 0 Å². The minimum absolute atomic E-state index is 0.00588. The van der Waals surface area contributed by atoms with Gasteiger partial charge in [0.1, 0.15) is 17.2 Å². The van der Waals surface area contributed by atoms with E-state index in [2.05, 4.69) is 15.7 Å². The molecule has 1 heterocycles. The van der Waals surface area contributed by atoms with E-state index in [1.807, 2.05) is 78.9 Å². The van der Waals surface area contributed by atoms with Crippen LogP contribution in [0.4, 0.5) is 0 Å². The van der Waals surface area contributed by atoms with E-state index in [4.69, 9.17) is 49.3 Å². The summed E-state index contributed by atoms with van der Waals surface area (Å²) in [7, 11) is 3.27. The van der Waals surface area contributed by atoms with Crippen LogP contribution >= 0.6 is 0 Å². The number of fused-ring (bicyclic) bond motifs is 1. The minimum atomic E-state index is -0.515. The Kier molecular flexibility index (Phi) is 20.1. The van der Waals surface area contributed by atoms with Crippen molar-refractivity contribution >= 4 is 22.6 Å². The summed E-state index contributed by atoms with van der Waals surface area (Å²) < 4.78 is 35.7. The molecule has 62 heavy (non-hydrogen) atoms. The molecule has 3 atom stereocenters. The fraction of sp³-hybridized carbons (Fsp3) is 0.467. The third kappa shape index (κ3) is 15.5. The van der Waals surface area contributed by atoms with Crippen molar-refractivity contribution in [2.75, 3.05) is 60.3 Å². The predicted octanol–water partition coefficient (Wildman–Crippen LogP) is 6.88. The Bertz CT molecular complexity index is 1950. The predicted molar refractivity (Wildman–Crippen MR) is 222 cm³/mol. The number of piperidine rings is 1. The molecule has 17 nitrogen and oxygen atoms in total. The monoisotopic (exact) mass is 865 g/mol. The van der Waals surface area contributed by atoms with Crippen molar-refractivity contribution in [3.8, 4) is 17.2 Å². The van der Waals surface area contributed by atoms with E-state index in [0.29, 0.717) is 70.0 Å². The Morgan fingerprint density at radius 2 is 1.40 bits per heavy atom. The molecule has 0 aromatic heterocycles. The van der Waals surface area contributed by atoms with Crippen LogP contribution in [0.5, 0.6) is 17.2 Å². The number of unbranched alkanes of at least 4 members (excludes halogenated alkanes) is 2. The molecular formula is C45H59N3O14. The highest BCUT2D eigenvalue weighted by Crippen LogP contribution is 2.38. The molecule has 1 fully saturated rings. The lowest BCUT2D eigenvalue weighted by molar-refractivity contribution is -0.492. The van der Waals surface area contributed by atoms with Crippen LogP contribution in [0.25, 0.3) is 10.8 Å². The molecule has 1 amide bonds. The zero-order valence-electron chi connectivity index (χ0n) is 35.3. The zero-order chi connectivity index (χ0) is 44.1. The third-order valence-corrected chi connectivity index (χ3v) is 10.5. The summed E-state index contributed by atoms with van der Waals surface area (Å²) in [5, 5.41) is 36.5. The van der Waals surface area contributed by atoms with Crippen LogP contribution in [0, 0.1) is 5.92 Å². The van der Waals surface area contributed by atoms with E-state index in [1.54, 1.807) is 19.1 Å². The number of para-hydroxylation sites is 1. The van der Waals surface area contributed by atoms with Crippen LogP contribution in [-0.2, 0) is 46.7 Å². The number of carbonyl (C=O) groups excluding carboxylic acids is 2. The van der Waals surface area contributed by atoms with Crippen molar-refractivity contribution in [1.82, 2.24) is 15.7 Å². The maximum absolute atomic E-state index is 13.7. The number of nitrogens with zero attached hydrogens (tertiary/aromatic N) is 3. The smallest absolute Gasteiger partial charge is 0.305 e. The van der Waals surface area contributed by atoms with Crippen LogP contribution in [0.1, 0.15) is 67.6 Å². The second kappa shape index (κ2) is 25.9. The number of amides is 1. The number of rotatable bonds is 27. The molecule has 4 N–H and O–H groups in total. The first-order valence-electron chi connectivity index (χ1n) is 20.8. The molecule has 0 aliphatic carbocycles. The quantitative estimate of drug-likeness (QED) is 0.0275. The lowest BCUT2D eigenvalue weighted by Crippen LogP contribution is -2.52. The Hall–Kier alpha value is -4.92. The van der Waals surface area contributed by atoms with Gasteiger partial charge in [-0.1, -0.05) is 54.6 Å². The van der Waals surface area contributed by atoms with Gasteiger partial charge in [0.15, 0.2) is 0 Å². The van der Waals surface area contributed by atoms with E-state index in [9.17, 15) is 9.59 Å². The van der Waals surface area contributed by atoms with Gasteiger partial charge in [-0.3, -0.25) is 40.1 Å². The molecule has 0 spiro atoms. The van der Waals surface area contributed by atoms with Crippen LogP contribution in [0.15, 0.2) is 84.9 Å². The topological polar surface area (TPSA) is 199 Å². The third-order valence-electron chi connectivity index (χ3n) is 10.5. The highest BCUT2D eigenvalue weighted by molar-refractivity contribution is 5.89. The Balaban J connectivity index is 1.31. The summed E-state index contributed by atoms with van der Waals surface area (Å²) in [6.45, 7) is 2.20. The highest BCUT2D eigenvalue weighted by atomic mass is 17.1. The van der Waals surface area contributed by atoms with Crippen molar-refractivity contribution in [2.45, 2.75) is 70.2 Å². The summed E-state index contributed by atoms with van der Waals surface area (Å²) in [6.07, 6.45) is 2.07. The van der Waals surface area contributed by atoms with E-state index < -0.39 is 12.1 Å². The molecule has 0 radical (unpaired) electrons. The second-order valence-electron chi connectivity index (χ2n) is 14.9. The van der Waals surface area contributed by atoms with Gasteiger partial charge in [-0.2, -0.15) is 0 Å². The summed E-state index contributed by atoms with van der Waals surface area (Å²) in [6, 6.07) is 27.4. The van der Waals surface area contributed by atoms with Crippen molar-refractivity contribution in [2.24, 2.45) is 5.92 Å². The fourth-order valence-electron chi connectivity index (χ4n) is 7.51. The first-order valence-corrected chi connectivity index (χ1v) is 20.8. The molecule has 1 aliphatic rings. The van der Waals surface area contributed by atoms with Crippen molar-refractivity contribution in [3.05, 3.63) is 102 Å². The molecular weight excluding hydrogens is 807 g/mol. The fourth-order valence-corrected chi connectivity index (χ4v) is 7.51. The Labute approximate surface area is 361 Å². The molecule has 4 aromatic rings. The first kappa shape index (κ1) is 48.1. The first-order chi connectivity index (χ1) is 30.1. The lowest BCUT2D eigenvalue weighted by Gasteiger charge is -2.44. The Morgan fingerprint density at radius 3 is 2.13 bits per heavy atom.